The number of hydrogen-bond donors (Lipinski definition) is 0. The second kappa shape index (κ2) is 5.99. The van der Waals surface area contributed by atoms with Crippen LogP contribution in [0.5, 0.6) is 0 Å². The van der Waals surface area contributed by atoms with Gasteiger partial charge < -0.3 is 0 Å². The third-order valence-electron chi connectivity index (χ3n) is 4.38. The van der Waals surface area contributed by atoms with Crippen molar-refractivity contribution in [3.8, 4) is 6.07 Å². The van der Waals surface area contributed by atoms with E-state index >= 15 is 0 Å². The van der Waals surface area contributed by atoms with Crippen LogP contribution in [0.1, 0.15) is 24.0 Å². The number of aryl methyl sites for hydroxylation is 1. The summed E-state index contributed by atoms with van der Waals surface area (Å²) >= 11 is 5.82. The van der Waals surface area contributed by atoms with E-state index in [1.807, 2.05) is 24.3 Å². The molecule has 1 aliphatic rings. The maximum atomic E-state index is 12.8. The van der Waals surface area contributed by atoms with Crippen molar-refractivity contribution in [1.82, 2.24) is 0 Å². The molecule has 1 aliphatic carbocycles. The van der Waals surface area contributed by atoms with E-state index in [-0.39, 0.29) is 10.8 Å². The molecule has 5 heteroatoms. The van der Waals surface area contributed by atoms with Gasteiger partial charge in [0.15, 0.2) is 9.84 Å². The van der Waals surface area contributed by atoms with E-state index < -0.39 is 21.0 Å². The van der Waals surface area contributed by atoms with Crippen LogP contribution in [0.4, 0.5) is 0 Å². The standard InChI is InChI=1S/C18H16ClNO2S/c1-2-12-3-5-13(6-4-12)17-16(11-20)18(17)23(21,22)15-9-7-14(19)8-10-15/h3-10,16-18H,2H2,1H3/t16-,17+,18-/m0/s1. The summed E-state index contributed by atoms with van der Waals surface area (Å²) in [5.74, 6) is -0.755. The first kappa shape index (κ1) is 16.0. The topological polar surface area (TPSA) is 57.9 Å². The smallest absolute Gasteiger partial charge is 0.183 e. The molecule has 0 unspecified atom stereocenters. The molecule has 3 nitrogen and oxygen atoms in total. The molecule has 118 valence electrons. The molecule has 2 aromatic carbocycles. The Kier molecular flexibility index (Phi) is 4.18. The summed E-state index contributed by atoms with van der Waals surface area (Å²) in [6.07, 6.45) is 0.930. The highest BCUT2D eigenvalue weighted by Crippen LogP contribution is 2.53. The van der Waals surface area contributed by atoms with Crippen LogP contribution in [0, 0.1) is 17.2 Å². The Bertz CT molecular complexity index is 851. The Balaban J connectivity index is 1.92. The van der Waals surface area contributed by atoms with Crippen LogP contribution in [0.15, 0.2) is 53.4 Å². The first-order valence-corrected chi connectivity index (χ1v) is 9.39. The number of nitrogens with zero attached hydrogens (tertiary/aromatic N) is 1. The van der Waals surface area contributed by atoms with Gasteiger partial charge in [-0.2, -0.15) is 5.26 Å². The second-order valence-corrected chi connectivity index (χ2v) is 8.28. The summed E-state index contributed by atoms with van der Waals surface area (Å²) < 4.78 is 25.6. The maximum absolute atomic E-state index is 12.8. The zero-order valence-corrected chi connectivity index (χ0v) is 14.2. The lowest BCUT2D eigenvalue weighted by molar-refractivity contribution is 0.593. The summed E-state index contributed by atoms with van der Waals surface area (Å²) in [5, 5.41) is 9.14. The van der Waals surface area contributed by atoms with Gasteiger partial charge in [-0.05, 0) is 41.8 Å². The molecule has 0 aromatic heterocycles. The quantitative estimate of drug-likeness (QED) is 0.842. The molecule has 0 heterocycles. The Morgan fingerprint density at radius 1 is 1.09 bits per heavy atom. The number of benzene rings is 2. The number of rotatable bonds is 4. The van der Waals surface area contributed by atoms with Crippen molar-refractivity contribution in [3.63, 3.8) is 0 Å². The number of halogens is 1. The monoisotopic (exact) mass is 345 g/mol. The van der Waals surface area contributed by atoms with E-state index in [1.54, 1.807) is 12.1 Å². The minimum Gasteiger partial charge on any atom is -0.223 e. The molecule has 3 rings (SSSR count). The molecule has 0 N–H and O–H groups in total. The number of sulfone groups is 1. The first-order valence-electron chi connectivity index (χ1n) is 7.47. The average molecular weight is 346 g/mol. The summed E-state index contributed by atoms with van der Waals surface area (Å²) in [4.78, 5) is 0.222. The lowest BCUT2D eigenvalue weighted by Crippen LogP contribution is -2.10. The molecule has 23 heavy (non-hydrogen) atoms. The fourth-order valence-corrected chi connectivity index (χ4v) is 5.17. The van der Waals surface area contributed by atoms with Gasteiger partial charge in [-0.25, -0.2) is 8.42 Å². The largest absolute Gasteiger partial charge is 0.223 e. The van der Waals surface area contributed by atoms with Crippen molar-refractivity contribution >= 4 is 21.4 Å². The van der Waals surface area contributed by atoms with Gasteiger partial charge in [-0.15, -0.1) is 0 Å². The van der Waals surface area contributed by atoms with Gasteiger partial charge in [0.1, 0.15) is 0 Å². The third kappa shape index (κ3) is 2.87. The van der Waals surface area contributed by atoms with Crippen molar-refractivity contribution in [1.29, 1.82) is 5.26 Å². The van der Waals surface area contributed by atoms with Crippen molar-refractivity contribution < 1.29 is 8.42 Å². The average Bonchev–Trinajstić information content (AvgIpc) is 3.31. The Morgan fingerprint density at radius 2 is 1.70 bits per heavy atom. The number of nitriles is 1. The zero-order chi connectivity index (χ0) is 16.6. The second-order valence-electron chi connectivity index (χ2n) is 5.74. The number of hydrogen-bond acceptors (Lipinski definition) is 3. The van der Waals surface area contributed by atoms with Crippen LogP contribution in [-0.4, -0.2) is 13.7 Å². The normalized spacial score (nSPS) is 23.3. The van der Waals surface area contributed by atoms with Gasteiger partial charge >= 0.3 is 0 Å². The molecule has 0 spiro atoms. The lowest BCUT2D eigenvalue weighted by Gasteiger charge is -2.05. The summed E-state index contributed by atoms with van der Waals surface area (Å²) in [5.41, 5.74) is 2.11. The van der Waals surface area contributed by atoms with E-state index in [1.165, 1.54) is 17.7 Å². The SMILES string of the molecule is CCc1ccc([C@@H]2[C@H](C#N)[C@@H]2S(=O)(=O)c2ccc(Cl)cc2)cc1. The summed E-state index contributed by atoms with van der Waals surface area (Å²) in [6, 6.07) is 16.1. The van der Waals surface area contributed by atoms with Crippen LogP contribution in [0.2, 0.25) is 5.02 Å². The highest BCUT2D eigenvalue weighted by molar-refractivity contribution is 7.92. The third-order valence-corrected chi connectivity index (χ3v) is 6.86. The van der Waals surface area contributed by atoms with Crippen LogP contribution in [0.25, 0.3) is 0 Å². The minimum atomic E-state index is -3.54. The minimum absolute atomic E-state index is 0.222. The van der Waals surface area contributed by atoms with Gasteiger partial charge in [0.2, 0.25) is 0 Å². The molecular weight excluding hydrogens is 330 g/mol. The molecule has 0 bridgehead atoms. The molecule has 2 aromatic rings. The van der Waals surface area contributed by atoms with Crippen molar-refractivity contribution in [2.75, 3.05) is 0 Å². The fourth-order valence-electron chi connectivity index (χ4n) is 2.98. The van der Waals surface area contributed by atoms with Crippen LogP contribution in [-0.2, 0) is 16.3 Å². The van der Waals surface area contributed by atoms with Crippen LogP contribution in [0.3, 0.4) is 0 Å². The molecule has 0 amide bonds. The maximum Gasteiger partial charge on any atom is 0.183 e. The zero-order valence-electron chi connectivity index (χ0n) is 12.6. The first-order chi connectivity index (χ1) is 11.0. The van der Waals surface area contributed by atoms with E-state index in [4.69, 9.17) is 11.6 Å². The Labute approximate surface area is 141 Å². The Hall–Kier alpha value is -1.83. The van der Waals surface area contributed by atoms with E-state index in [0.717, 1.165) is 12.0 Å². The van der Waals surface area contributed by atoms with Crippen molar-refractivity contribution in [3.05, 3.63) is 64.7 Å². The predicted molar refractivity (Wildman–Crippen MR) is 90.1 cm³/mol. The van der Waals surface area contributed by atoms with Gasteiger partial charge in [-0.1, -0.05) is 42.8 Å². The highest BCUT2D eigenvalue weighted by Gasteiger charge is 2.59. The van der Waals surface area contributed by atoms with Crippen molar-refractivity contribution in [2.24, 2.45) is 5.92 Å². The van der Waals surface area contributed by atoms with E-state index in [9.17, 15) is 13.7 Å². The van der Waals surface area contributed by atoms with Gasteiger partial charge in [-0.3, -0.25) is 0 Å². The van der Waals surface area contributed by atoms with E-state index in [2.05, 4.69) is 13.0 Å². The van der Waals surface area contributed by atoms with Crippen LogP contribution >= 0.6 is 11.6 Å². The van der Waals surface area contributed by atoms with Crippen molar-refractivity contribution in [2.45, 2.75) is 29.4 Å². The predicted octanol–water partition coefficient (Wildman–Crippen LogP) is 3.98. The molecular formula is C18H16ClNO2S. The Morgan fingerprint density at radius 3 is 2.22 bits per heavy atom. The molecule has 0 saturated heterocycles. The summed E-state index contributed by atoms with van der Waals surface area (Å²) in [7, 11) is -3.54. The van der Waals surface area contributed by atoms with Gasteiger partial charge in [0.25, 0.3) is 0 Å². The molecule has 3 atom stereocenters. The van der Waals surface area contributed by atoms with E-state index in [0.29, 0.717) is 5.02 Å². The van der Waals surface area contributed by atoms with Gasteiger partial charge in [0, 0.05) is 10.9 Å². The molecule has 0 aliphatic heterocycles. The molecule has 1 saturated carbocycles. The lowest BCUT2D eigenvalue weighted by atomic mass is 10.1. The highest BCUT2D eigenvalue weighted by atomic mass is 35.5. The fraction of sp³-hybridized carbons (Fsp3) is 0.278. The molecule has 1 fully saturated rings. The van der Waals surface area contributed by atoms with Gasteiger partial charge in [0.05, 0.1) is 22.1 Å². The molecule has 0 radical (unpaired) electrons. The van der Waals surface area contributed by atoms with Crippen LogP contribution < -0.4 is 0 Å². The summed E-state index contributed by atoms with van der Waals surface area (Å²) in [6.45, 7) is 2.07.